The first-order valence-corrected chi connectivity index (χ1v) is 10.8. The van der Waals surface area contributed by atoms with Crippen molar-refractivity contribution in [3.8, 4) is 0 Å². The average molecular weight is 360 g/mol. The number of hydrogen-bond donors (Lipinski definition) is 0. The van der Waals surface area contributed by atoms with Crippen LogP contribution in [0.1, 0.15) is 36.1 Å². The number of hydrogen-bond acceptors (Lipinski definition) is 3. The van der Waals surface area contributed by atoms with Crippen molar-refractivity contribution in [2.75, 3.05) is 32.1 Å². The van der Waals surface area contributed by atoms with Crippen LogP contribution in [-0.4, -0.2) is 37.0 Å². The van der Waals surface area contributed by atoms with Gasteiger partial charge in [-0.15, -0.1) is 23.5 Å². The Bertz CT molecular complexity index is 566. The van der Waals surface area contributed by atoms with E-state index < -0.39 is 0 Å². The molecule has 0 fully saturated rings. The predicted molar refractivity (Wildman–Crippen MR) is 111 cm³/mol. The molecule has 2 aromatic carbocycles. The van der Waals surface area contributed by atoms with E-state index in [2.05, 4.69) is 80.5 Å². The lowest BCUT2D eigenvalue weighted by atomic mass is 10.0. The van der Waals surface area contributed by atoms with Crippen molar-refractivity contribution in [1.29, 1.82) is 0 Å². The number of thioether (sulfide) groups is 2. The molecule has 2 aromatic rings. The second-order valence-corrected chi connectivity index (χ2v) is 8.62. The average Bonchev–Trinajstić information content (AvgIpc) is 2.60. The van der Waals surface area contributed by atoms with E-state index in [0.29, 0.717) is 5.25 Å². The zero-order valence-corrected chi connectivity index (χ0v) is 16.7. The van der Waals surface area contributed by atoms with Gasteiger partial charge in [0.1, 0.15) is 0 Å². The van der Waals surface area contributed by atoms with E-state index in [1.54, 1.807) is 0 Å². The van der Waals surface area contributed by atoms with Gasteiger partial charge in [-0.1, -0.05) is 55.8 Å². The molecule has 0 aromatic heterocycles. The van der Waals surface area contributed by atoms with E-state index in [4.69, 9.17) is 0 Å². The number of rotatable bonds is 10. The van der Waals surface area contributed by atoms with Crippen LogP contribution >= 0.6 is 23.5 Å². The lowest BCUT2D eigenvalue weighted by molar-refractivity contribution is 0.437. The van der Waals surface area contributed by atoms with Gasteiger partial charge in [-0.2, -0.15) is 0 Å². The standard InChI is InChI=1S/C21H29NS2/c1-4-5-16-23-20-13-11-19(12-14-20)21(24-17-15-22(2)3)18-9-7-6-8-10-18/h6-14,21H,4-5,15-17H2,1-3H3/t21-/m0/s1. The summed E-state index contributed by atoms with van der Waals surface area (Å²) in [5, 5.41) is 0.417. The summed E-state index contributed by atoms with van der Waals surface area (Å²) in [6, 6.07) is 20.1. The van der Waals surface area contributed by atoms with Crippen molar-refractivity contribution >= 4 is 23.5 Å². The monoisotopic (exact) mass is 359 g/mol. The van der Waals surface area contributed by atoms with Gasteiger partial charge in [0.05, 0.1) is 5.25 Å². The van der Waals surface area contributed by atoms with Gasteiger partial charge < -0.3 is 4.90 Å². The minimum atomic E-state index is 0.417. The fourth-order valence-electron chi connectivity index (χ4n) is 2.44. The predicted octanol–water partition coefficient (Wildman–Crippen LogP) is 5.96. The van der Waals surface area contributed by atoms with Gasteiger partial charge in [-0.25, -0.2) is 0 Å². The molecular weight excluding hydrogens is 330 g/mol. The highest BCUT2D eigenvalue weighted by Gasteiger charge is 2.14. The molecule has 2 rings (SSSR count). The Balaban J connectivity index is 2.08. The third-order valence-corrected chi connectivity index (χ3v) is 6.27. The summed E-state index contributed by atoms with van der Waals surface area (Å²) in [7, 11) is 4.28. The second-order valence-electron chi connectivity index (χ2n) is 6.24. The van der Waals surface area contributed by atoms with Crippen molar-refractivity contribution in [2.45, 2.75) is 29.9 Å². The van der Waals surface area contributed by atoms with Crippen molar-refractivity contribution in [3.63, 3.8) is 0 Å². The van der Waals surface area contributed by atoms with Crippen LogP contribution in [0, 0.1) is 0 Å². The molecule has 0 aliphatic rings. The topological polar surface area (TPSA) is 3.24 Å². The van der Waals surface area contributed by atoms with E-state index in [1.807, 2.05) is 23.5 Å². The van der Waals surface area contributed by atoms with E-state index >= 15 is 0 Å². The molecule has 0 spiro atoms. The van der Waals surface area contributed by atoms with E-state index in [1.165, 1.54) is 34.6 Å². The fraction of sp³-hybridized carbons (Fsp3) is 0.429. The summed E-state index contributed by atoms with van der Waals surface area (Å²) < 4.78 is 0. The van der Waals surface area contributed by atoms with Crippen LogP contribution in [0.2, 0.25) is 0 Å². The highest BCUT2D eigenvalue weighted by molar-refractivity contribution is 7.99. The molecule has 0 heterocycles. The second kappa shape index (κ2) is 10.9. The molecule has 0 aliphatic carbocycles. The molecule has 0 amide bonds. The third kappa shape index (κ3) is 6.54. The Labute approximate surface area is 156 Å². The molecule has 0 unspecified atom stereocenters. The molecular formula is C21H29NS2. The number of benzene rings is 2. The third-order valence-electron chi connectivity index (χ3n) is 3.87. The van der Waals surface area contributed by atoms with Gasteiger partial charge in [0.2, 0.25) is 0 Å². The van der Waals surface area contributed by atoms with E-state index in [9.17, 15) is 0 Å². The minimum Gasteiger partial charge on any atom is -0.309 e. The van der Waals surface area contributed by atoms with Gasteiger partial charge in [0, 0.05) is 17.2 Å². The normalized spacial score (nSPS) is 12.5. The van der Waals surface area contributed by atoms with Crippen molar-refractivity contribution in [3.05, 3.63) is 65.7 Å². The van der Waals surface area contributed by atoms with E-state index in [-0.39, 0.29) is 0 Å². The van der Waals surface area contributed by atoms with E-state index in [0.717, 1.165) is 12.3 Å². The Morgan fingerprint density at radius 2 is 1.54 bits per heavy atom. The number of unbranched alkanes of at least 4 members (excludes halogenated alkanes) is 1. The lowest BCUT2D eigenvalue weighted by Crippen LogP contribution is -2.15. The molecule has 130 valence electrons. The van der Waals surface area contributed by atoms with Gasteiger partial charge in [0.25, 0.3) is 0 Å². The Hall–Kier alpha value is -0.900. The Morgan fingerprint density at radius 3 is 2.17 bits per heavy atom. The lowest BCUT2D eigenvalue weighted by Gasteiger charge is -2.19. The van der Waals surface area contributed by atoms with Gasteiger partial charge in [-0.05, 0) is 49.5 Å². The van der Waals surface area contributed by atoms with Gasteiger partial charge >= 0.3 is 0 Å². The highest BCUT2D eigenvalue weighted by atomic mass is 32.2. The summed E-state index contributed by atoms with van der Waals surface area (Å²) in [6.07, 6.45) is 2.56. The first kappa shape index (κ1) is 19.4. The maximum atomic E-state index is 2.31. The first-order valence-electron chi connectivity index (χ1n) is 8.74. The molecule has 0 bridgehead atoms. The van der Waals surface area contributed by atoms with Crippen LogP contribution in [0.15, 0.2) is 59.5 Å². The van der Waals surface area contributed by atoms with Crippen LogP contribution in [0.5, 0.6) is 0 Å². The van der Waals surface area contributed by atoms with Crippen molar-refractivity contribution < 1.29 is 0 Å². The first-order chi connectivity index (χ1) is 11.7. The highest BCUT2D eigenvalue weighted by Crippen LogP contribution is 2.36. The van der Waals surface area contributed by atoms with Crippen LogP contribution in [-0.2, 0) is 0 Å². The summed E-state index contributed by atoms with van der Waals surface area (Å²) in [4.78, 5) is 3.64. The number of nitrogens with zero attached hydrogens (tertiary/aromatic N) is 1. The molecule has 3 heteroatoms. The smallest absolute Gasteiger partial charge is 0.0547 e. The molecule has 0 saturated carbocycles. The molecule has 0 radical (unpaired) electrons. The van der Waals surface area contributed by atoms with Crippen LogP contribution < -0.4 is 0 Å². The van der Waals surface area contributed by atoms with Crippen LogP contribution in [0.3, 0.4) is 0 Å². The molecule has 24 heavy (non-hydrogen) atoms. The van der Waals surface area contributed by atoms with Crippen molar-refractivity contribution in [1.82, 2.24) is 4.90 Å². The maximum Gasteiger partial charge on any atom is 0.0547 e. The summed E-state index contributed by atoms with van der Waals surface area (Å²) in [5.41, 5.74) is 2.80. The largest absolute Gasteiger partial charge is 0.309 e. The zero-order chi connectivity index (χ0) is 17.2. The molecule has 0 saturated heterocycles. The van der Waals surface area contributed by atoms with Crippen molar-refractivity contribution in [2.24, 2.45) is 0 Å². The fourth-order valence-corrected chi connectivity index (χ4v) is 4.84. The van der Waals surface area contributed by atoms with Gasteiger partial charge in [0.15, 0.2) is 0 Å². The summed E-state index contributed by atoms with van der Waals surface area (Å²) in [5.74, 6) is 2.36. The molecule has 1 atom stereocenters. The Kier molecular flexibility index (Phi) is 8.79. The SMILES string of the molecule is CCCCSc1ccc([C@@H](SCCN(C)C)c2ccccc2)cc1. The molecule has 0 N–H and O–H groups in total. The van der Waals surface area contributed by atoms with Crippen LogP contribution in [0.25, 0.3) is 0 Å². The molecule has 0 aliphatic heterocycles. The Morgan fingerprint density at radius 1 is 0.875 bits per heavy atom. The maximum absolute atomic E-state index is 2.31. The summed E-state index contributed by atoms with van der Waals surface area (Å²) >= 11 is 4.00. The quantitative estimate of drug-likeness (QED) is 0.380. The van der Waals surface area contributed by atoms with Crippen LogP contribution in [0.4, 0.5) is 0 Å². The minimum absolute atomic E-state index is 0.417. The summed E-state index contributed by atoms with van der Waals surface area (Å²) in [6.45, 7) is 3.36. The van der Waals surface area contributed by atoms with Gasteiger partial charge in [-0.3, -0.25) is 0 Å². The zero-order valence-electron chi connectivity index (χ0n) is 15.1. The molecule has 1 nitrogen and oxygen atoms in total.